The van der Waals surface area contributed by atoms with Gasteiger partial charge in [-0.1, -0.05) is 6.92 Å². The number of likely N-dealkylation sites (N-methyl/N-ethyl adjacent to an activating group) is 2. The first-order valence-corrected chi connectivity index (χ1v) is 7.94. The lowest BCUT2D eigenvalue weighted by Crippen LogP contribution is -2.50. The molecule has 0 spiro atoms. The standard InChI is InChI=1S/C16H28N4O/c1-5-13(2)20-7-6-14(17-20)10-16(21)11-15-12-18(3)8-9-19(15)4/h6-7,13,15H,5,8-12H2,1-4H3. The summed E-state index contributed by atoms with van der Waals surface area (Å²) in [6.45, 7) is 7.39. The molecule has 1 aromatic rings. The Morgan fingerprint density at radius 1 is 1.43 bits per heavy atom. The zero-order chi connectivity index (χ0) is 15.4. The van der Waals surface area contributed by atoms with Crippen LogP contribution >= 0.6 is 0 Å². The van der Waals surface area contributed by atoms with E-state index in [1.54, 1.807) is 0 Å². The van der Waals surface area contributed by atoms with Gasteiger partial charge in [0.1, 0.15) is 5.78 Å². The first-order chi connectivity index (χ1) is 9.99. The van der Waals surface area contributed by atoms with Gasteiger partial charge in [-0.15, -0.1) is 0 Å². The summed E-state index contributed by atoms with van der Waals surface area (Å²) in [6.07, 6.45) is 4.11. The summed E-state index contributed by atoms with van der Waals surface area (Å²) in [5, 5.41) is 4.52. The summed E-state index contributed by atoms with van der Waals surface area (Å²) in [4.78, 5) is 16.9. The molecule has 0 saturated carbocycles. The van der Waals surface area contributed by atoms with E-state index in [-0.39, 0.29) is 5.78 Å². The molecule has 5 heteroatoms. The van der Waals surface area contributed by atoms with Crippen molar-refractivity contribution < 1.29 is 4.79 Å². The number of Topliss-reactive ketones (excluding diaryl/α,β-unsaturated/α-hetero) is 1. The van der Waals surface area contributed by atoms with Crippen molar-refractivity contribution in [3.63, 3.8) is 0 Å². The van der Waals surface area contributed by atoms with E-state index in [0.29, 0.717) is 24.9 Å². The van der Waals surface area contributed by atoms with Crippen LogP contribution in [0.25, 0.3) is 0 Å². The van der Waals surface area contributed by atoms with Gasteiger partial charge in [-0.2, -0.15) is 5.10 Å². The van der Waals surface area contributed by atoms with E-state index in [1.165, 1.54) is 0 Å². The van der Waals surface area contributed by atoms with E-state index in [0.717, 1.165) is 31.7 Å². The van der Waals surface area contributed by atoms with E-state index in [4.69, 9.17) is 0 Å². The molecule has 1 aliphatic heterocycles. The fourth-order valence-corrected chi connectivity index (χ4v) is 2.76. The molecule has 0 N–H and O–H groups in total. The minimum Gasteiger partial charge on any atom is -0.304 e. The minimum atomic E-state index is 0.288. The molecular weight excluding hydrogens is 264 g/mol. The smallest absolute Gasteiger partial charge is 0.140 e. The summed E-state index contributed by atoms with van der Waals surface area (Å²) >= 11 is 0. The number of ketones is 1. The molecule has 0 bridgehead atoms. The summed E-state index contributed by atoms with van der Waals surface area (Å²) in [7, 11) is 4.24. The van der Waals surface area contributed by atoms with E-state index < -0.39 is 0 Å². The summed E-state index contributed by atoms with van der Waals surface area (Å²) in [5.41, 5.74) is 0.895. The van der Waals surface area contributed by atoms with Crippen LogP contribution in [0.3, 0.4) is 0 Å². The highest BCUT2D eigenvalue weighted by atomic mass is 16.1. The van der Waals surface area contributed by atoms with Gasteiger partial charge in [0.25, 0.3) is 0 Å². The van der Waals surface area contributed by atoms with Crippen molar-refractivity contribution in [2.24, 2.45) is 0 Å². The maximum Gasteiger partial charge on any atom is 0.140 e. The highest BCUT2D eigenvalue weighted by Gasteiger charge is 2.24. The lowest BCUT2D eigenvalue weighted by Gasteiger charge is -2.37. The first kappa shape index (κ1) is 16.2. The average molecular weight is 292 g/mol. The Labute approximate surface area is 127 Å². The normalized spacial score (nSPS) is 22.4. The third kappa shape index (κ3) is 4.38. The molecule has 0 amide bonds. The highest BCUT2D eigenvalue weighted by Crippen LogP contribution is 2.13. The predicted molar refractivity (Wildman–Crippen MR) is 84.5 cm³/mol. The topological polar surface area (TPSA) is 41.4 Å². The van der Waals surface area contributed by atoms with Crippen LogP contribution in [0.2, 0.25) is 0 Å². The zero-order valence-corrected chi connectivity index (χ0v) is 13.7. The molecule has 0 aliphatic carbocycles. The van der Waals surface area contributed by atoms with Crippen molar-refractivity contribution >= 4 is 5.78 Å². The molecule has 1 aliphatic rings. The Bertz CT molecular complexity index is 471. The van der Waals surface area contributed by atoms with Gasteiger partial charge in [0.15, 0.2) is 0 Å². The number of piperazine rings is 1. The Morgan fingerprint density at radius 3 is 2.90 bits per heavy atom. The number of carbonyl (C=O) groups is 1. The second-order valence-electron chi connectivity index (χ2n) is 6.36. The van der Waals surface area contributed by atoms with E-state index >= 15 is 0 Å². The molecule has 2 rings (SSSR count). The maximum atomic E-state index is 12.3. The molecule has 0 aromatic carbocycles. The molecule has 5 nitrogen and oxygen atoms in total. The number of aromatic nitrogens is 2. The largest absolute Gasteiger partial charge is 0.304 e. The number of hydrogen-bond donors (Lipinski definition) is 0. The van der Waals surface area contributed by atoms with Crippen molar-refractivity contribution in [2.75, 3.05) is 33.7 Å². The van der Waals surface area contributed by atoms with Crippen LogP contribution in [-0.2, 0) is 11.2 Å². The van der Waals surface area contributed by atoms with Crippen LogP contribution in [0, 0.1) is 0 Å². The third-order valence-corrected chi connectivity index (χ3v) is 4.53. The maximum absolute atomic E-state index is 12.3. The quantitative estimate of drug-likeness (QED) is 0.798. The van der Waals surface area contributed by atoms with Gasteiger partial charge in [0.2, 0.25) is 0 Å². The molecule has 2 atom stereocenters. The second kappa shape index (κ2) is 7.18. The number of nitrogens with zero attached hydrogens (tertiary/aromatic N) is 4. The molecule has 1 aromatic heterocycles. The van der Waals surface area contributed by atoms with Gasteiger partial charge in [0.05, 0.1) is 12.1 Å². The van der Waals surface area contributed by atoms with Gasteiger partial charge in [-0.25, -0.2) is 0 Å². The van der Waals surface area contributed by atoms with E-state index in [9.17, 15) is 4.79 Å². The van der Waals surface area contributed by atoms with Gasteiger partial charge in [-0.05, 0) is 33.5 Å². The minimum absolute atomic E-state index is 0.288. The van der Waals surface area contributed by atoms with E-state index in [2.05, 4.69) is 42.8 Å². The SMILES string of the molecule is CCC(C)n1ccc(CC(=O)CC2CN(C)CCN2C)n1. The van der Waals surface area contributed by atoms with Gasteiger partial charge in [0, 0.05) is 44.3 Å². The molecule has 2 unspecified atom stereocenters. The van der Waals surface area contributed by atoms with Gasteiger partial charge >= 0.3 is 0 Å². The monoisotopic (exact) mass is 292 g/mol. The van der Waals surface area contributed by atoms with Crippen molar-refractivity contribution in [2.45, 2.75) is 45.2 Å². The Hall–Kier alpha value is -1.20. The van der Waals surface area contributed by atoms with Crippen molar-refractivity contribution in [3.8, 4) is 0 Å². The second-order valence-corrected chi connectivity index (χ2v) is 6.36. The average Bonchev–Trinajstić information content (AvgIpc) is 2.90. The summed E-state index contributed by atoms with van der Waals surface area (Å²) < 4.78 is 1.96. The van der Waals surface area contributed by atoms with Crippen LogP contribution in [0.1, 0.15) is 38.4 Å². The lowest BCUT2D eigenvalue weighted by atomic mass is 10.0. The van der Waals surface area contributed by atoms with Crippen LogP contribution in [0.15, 0.2) is 12.3 Å². The Balaban J connectivity index is 1.88. The first-order valence-electron chi connectivity index (χ1n) is 7.94. The molecule has 1 fully saturated rings. The highest BCUT2D eigenvalue weighted by molar-refractivity contribution is 5.81. The molecular formula is C16H28N4O. The Kier molecular flexibility index (Phi) is 5.53. The van der Waals surface area contributed by atoms with Crippen LogP contribution in [0.5, 0.6) is 0 Å². The summed E-state index contributed by atoms with van der Waals surface area (Å²) in [5.74, 6) is 0.288. The van der Waals surface area contributed by atoms with Crippen LogP contribution in [-0.4, -0.2) is 65.1 Å². The van der Waals surface area contributed by atoms with E-state index in [1.807, 2.05) is 16.9 Å². The number of hydrogen-bond acceptors (Lipinski definition) is 4. The molecule has 0 radical (unpaired) electrons. The molecule has 1 saturated heterocycles. The fourth-order valence-electron chi connectivity index (χ4n) is 2.76. The van der Waals surface area contributed by atoms with Crippen LogP contribution < -0.4 is 0 Å². The van der Waals surface area contributed by atoms with Crippen molar-refractivity contribution in [1.82, 2.24) is 19.6 Å². The van der Waals surface area contributed by atoms with Crippen molar-refractivity contribution in [3.05, 3.63) is 18.0 Å². The molecule has 21 heavy (non-hydrogen) atoms. The van der Waals surface area contributed by atoms with Gasteiger partial charge in [-0.3, -0.25) is 9.48 Å². The van der Waals surface area contributed by atoms with Gasteiger partial charge < -0.3 is 9.80 Å². The molecule has 2 heterocycles. The number of carbonyl (C=O) groups excluding carboxylic acids is 1. The molecule has 118 valence electrons. The fraction of sp³-hybridized carbons (Fsp3) is 0.750. The number of rotatable bonds is 6. The predicted octanol–water partition coefficient (Wildman–Crippen LogP) is 1.60. The summed E-state index contributed by atoms with van der Waals surface area (Å²) in [6, 6.07) is 2.71. The lowest BCUT2D eigenvalue weighted by molar-refractivity contribution is -0.120. The zero-order valence-electron chi connectivity index (χ0n) is 13.7. The third-order valence-electron chi connectivity index (χ3n) is 4.53. The van der Waals surface area contributed by atoms with Crippen LogP contribution in [0.4, 0.5) is 0 Å². The Morgan fingerprint density at radius 2 is 2.19 bits per heavy atom. The van der Waals surface area contributed by atoms with Crippen molar-refractivity contribution in [1.29, 1.82) is 0 Å².